The zero-order valence-corrected chi connectivity index (χ0v) is 32.3. The third-order valence-electron chi connectivity index (χ3n) is 10.2. The number of aliphatic hydroxyl groups is 1. The number of hydrogen-bond acceptors (Lipinski definition) is 11. The minimum Gasteiger partial charge on any atom is -0.497 e. The molecule has 12 heteroatoms. The summed E-state index contributed by atoms with van der Waals surface area (Å²) in [5, 5.41) is 11.5. The van der Waals surface area contributed by atoms with Gasteiger partial charge in [0.2, 0.25) is 0 Å². The zero-order valence-electron chi connectivity index (χ0n) is 32.3. The molecule has 0 unspecified atom stereocenters. The van der Waals surface area contributed by atoms with Gasteiger partial charge in [-0.3, -0.25) is 14.4 Å². The molecule has 2 saturated heterocycles. The largest absolute Gasteiger partial charge is 0.497 e. The van der Waals surface area contributed by atoms with E-state index in [9.17, 15) is 19.5 Å². The molecule has 0 aromatic heterocycles. The average Bonchev–Trinajstić information content (AvgIpc) is 3.09. The second kappa shape index (κ2) is 18.6. The van der Waals surface area contributed by atoms with E-state index in [1.165, 1.54) is 21.0 Å². The van der Waals surface area contributed by atoms with Gasteiger partial charge in [-0.2, -0.15) is 0 Å². The molecule has 1 amide bonds. The van der Waals surface area contributed by atoms with Crippen molar-refractivity contribution in [2.24, 2.45) is 23.2 Å². The summed E-state index contributed by atoms with van der Waals surface area (Å²) < 4.78 is 29.9. The molecule has 2 fully saturated rings. The predicted molar refractivity (Wildman–Crippen MR) is 194 cm³/mol. The Balaban J connectivity index is 1.98. The fourth-order valence-corrected chi connectivity index (χ4v) is 7.41. The van der Waals surface area contributed by atoms with Crippen LogP contribution >= 0.6 is 0 Å². The number of hydrogen-bond donors (Lipinski definition) is 1. The number of amides is 1. The molecule has 51 heavy (non-hydrogen) atoms. The summed E-state index contributed by atoms with van der Waals surface area (Å²) in [4.78, 5) is 47.5. The molecule has 0 bridgehead atoms. The Bertz CT molecular complexity index is 1340. The molecule has 0 spiro atoms. The maximum Gasteiger partial charge on any atom is 0.319 e. The van der Waals surface area contributed by atoms with Crippen molar-refractivity contribution in [2.45, 2.75) is 84.1 Å². The molecular weight excluding hydrogens is 654 g/mol. The summed E-state index contributed by atoms with van der Waals surface area (Å²) >= 11 is 0. The molecule has 2 heterocycles. The molecular formula is C39H61N3O9. The quantitative estimate of drug-likeness (QED) is 0.254. The van der Waals surface area contributed by atoms with Gasteiger partial charge in [-0.1, -0.05) is 19.8 Å². The van der Waals surface area contributed by atoms with Gasteiger partial charge < -0.3 is 43.5 Å². The van der Waals surface area contributed by atoms with Crippen molar-refractivity contribution >= 4 is 17.7 Å². The molecule has 1 aromatic carbocycles. The molecule has 3 rings (SSSR count). The first-order valence-electron chi connectivity index (χ1n) is 18.0. The summed E-state index contributed by atoms with van der Waals surface area (Å²) in [6.45, 7) is 11.1. The highest BCUT2D eigenvalue weighted by atomic mass is 16.7. The van der Waals surface area contributed by atoms with Gasteiger partial charge in [0.1, 0.15) is 30.0 Å². The number of benzene rings is 1. The standard InChI is InChI=1S/C39H61N3O9/c1-12-39(48-11)23-26(2)24-41(9)18-13-19-42(35(45)29-14-16-31(47-10)17-15-29)20-21-49-37(46)38(5,6)33(44)28(4)34(39)51-36-32(43)30(25-40(7)8)22-27(3)50-36/h1,14-17,26-28,30,32,34,36,43H,13,18-25H2,2-11H3/t26-,27-,28+,30-,32-,34-,36+,39-/m1/s1. The minimum atomic E-state index is -1.60. The van der Waals surface area contributed by atoms with Crippen LogP contribution in [0.4, 0.5) is 0 Å². The molecule has 0 aliphatic carbocycles. The Morgan fingerprint density at radius 3 is 2.35 bits per heavy atom. The second-order valence-electron chi connectivity index (χ2n) is 15.2. The van der Waals surface area contributed by atoms with Crippen molar-refractivity contribution in [3.05, 3.63) is 29.8 Å². The van der Waals surface area contributed by atoms with Crippen molar-refractivity contribution in [1.29, 1.82) is 0 Å². The van der Waals surface area contributed by atoms with Gasteiger partial charge in [-0.05, 0) is 97.9 Å². The second-order valence-corrected chi connectivity index (χ2v) is 15.2. The van der Waals surface area contributed by atoms with Gasteiger partial charge in [0.25, 0.3) is 5.91 Å². The highest BCUT2D eigenvalue weighted by Crippen LogP contribution is 2.38. The molecule has 2 aliphatic heterocycles. The van der Waals surface area contributed by atoms with E-state index in [1.54, 1.807) is 43.2 Å². The van der Waals surface area contributed by atoms with Gasteiger partial charge >= 0.3 is 5.97 Å². The Hall–Kier alpha value is -3.05. The number of ether oxygens (including phenoxy) is 5. The highest BCUT2D eigenvalue weighted by Gasteiger charge is 2.52. The number of ketones is 1. The zero-order chi connectivity index (χ0) is 38.1. The number of cyclic esters (lactones) is 1. The van der Waals surface area contributed by atoms with Crippen LogP contribution in [0.25, 0.3) is 0 Å². The number of nitrogens with zero attached hydrogens (tertiary/aromatic N) is 3. The van der Waals surface area contributed by atoms with Crippen LogP contribution in [0.2, 0.25) is 0 Å². The molecule has 8 atom stereocenters. The third-order valence-corrected chi connectivity index (χ3v) is 10.2. The summed E-state index contributed by atoms with van der Waals surface area (Å²) in [7, 11) is 8.95. The molecule has 0 saturated carbocycles. The number of carbonyl (C=O) groups excluding carboxylic acids is 3. The Morgan fingerprint density at radius 1 is 1.10 bits per heavy atom. The van der Waals surface area contributed by atoms with Crippen LogP contribution in [0.15, 0.2) is 24.3 Å². The monoisotopic (exact) mass is 715 g/mol. The predicted octanol–water partition coefficient (Wildman–Crippen LogP) is 3.35. The first-order chi connectivity index (χ1) is 24.0. The normalized spacial score (nSPS) is 32.1. The van der Waals surface area contributed by atoms with Gasteiger partial charge in [-0.25, -0.2) is 0 Å². The molecule has 2 aliphatic rings. The summed E-state index contributed by atoms with van der Waals surface area (Å²) in [6, 6.07) is 6.88. The van der Waals surface area contributed by atoms with E-state index in [0.717, 1.165) is 0 Å². The first-order valence-corrected chi connectivity index (χ1v) is 18.0. The van der Waals surface area contributed by atoms with Crippen LogP contribution in [-0.4, -0.2) is 142 Å². The van der Waals surface area contributed by atoms with E-state index in [2.05, 4.69) is 17.7 Å². The van der Waals surface area contributed by atoms with E-state index in [1.807, 2.05) is 33.0 Å². The van der Waals surface area contributed by atoms with Gasteiger partial charge in [-0.15, -0.1) is 6.42 Å². The number of Topliss-reactive ketones (excluding diaryl/α,β-unsaturated/α-hetero) is 1. The number of aliphatic hydroxyl groups excluding tert-OH is 1. The molecule has 0 radical (unpaired) electrons. The van der Waals surface area contributed by atoms with Gasteiger partial charge in [0.15, 0.2) is 17.7 Å². The van der Waals surface area contributed by atoms with E-state index in [-0.39, 0.29) is 37.0 Å². The smallest absolute Gasteiger partial charge is 0.319 e. The lowest BCUT2D eigenvalue weighted by Crippen LogP contribution is -2.58. The lowest BCUT2D eigenvalue weighted by atomic mass is 9.73. The van der Waals surface area contributed by atoms with Crippen molar-refractivity contribution in [2.75, 3.05) is 74.7 Å². The number of rotatable bonds is 7. The van der Waals surface area contributed by atoms with Crippen LogP contribution < -0.4 is 4.74 Å². The van der Waals surface area contributed by atoms with Crippen molar-refractivity contribution in [3.63, 3.8) is 0 Å². The molecule has 1 N–H and O–H groups in total. The van der Waals surface area contributed by atoms with Crippen molar-refractivity contribution in [1.82, 2.24) is 14.7 Å². The fraction of sp³-hybridized carbons (Fsp3) is 0.718. The van der Waals surface area contributed by atoms with Gasteiger partial charge in [0.05, 0.1) is 19.8 Å². The van der Waals surface area contributed by atoms with Crippen LogP contribution in [0.5, 0.6) is 5.75 Å². The number of esters is 1. The minimum absolute atomic E-state index is 0.0253. The van der Waals surface area contributed by atoms with Crippen LogP contribution in [-0.2, 0) is 28.5 Å². The first kappa shape index (κ1) is 42.4. The van der Waals surface area contributed by atoms with Crippen molar-refractivity contribution in [3.8, 4) is 18.1 Å². The number of carbonyl (C=O) groups is 3. The Kier molecular flexibility index (Phi) is 15.5. The maximum absolute atomic E-state index is 14.4. The van der Waals surface area contributed by atoms with Crippen molar-refractivity contribution < 1.29 is 43.2 Å². The molecule has 12 nitrogen and oxygen atoms in total. The number of methoxy groups -OCH3 is 2. The van der Waals surface area contributed by atoms with E-state index >= 15 is 0 Å². The van der Waals surface area contributed by atoms with Gasteiger partial charge in [0, 0.05) is 44.1 Å². The lowest BCUT2D eigenvalue weighted by molar-refractivity contribution is -0.292. The van der Waals surface area contributed by atoms with E-state index < -0.39 is 47.2 Å². The Morgan fingerprint density at radius 2 is 1.76 bits per heavy atom. The van der Waals surface area contributed by atoms with E-state index in [4.69, 9.17) is 30.1 Å². The average molecular weight is 716 g/mol. The topological polar surface area (TPSA) is 127 Å². The SMILES string of the molecule is C#C[C@@]1(OC)C[C@@H](C)CN(C)CCCN(C(=O)c2ccc(OC)cc2)CCOC(=O)C(C)(C)C(=O)[C@H](C)[C@H]1O[C@@H]1O[C@H](C)C[C@H](CN(C)C)[C@H]1O. The van der Waals surface area contributed by atoms with Crippen LogP contribution in [0.3, 0.4) is 0 Å². The molecule has 1 aromatic rings. The fourth-order valence-electron chi connectivity index (χ4n) is 7.41. The summed E-state index contributed by atoms with van der Waals surface area (Å²) in [5.74, 6) is 0.941. The lowest BCUT2D eigenvalue weighted by Gasteiger charge is -2.46. The third kappa shape index (κ3) is 10.7. The molecule has 286 valence electrons. The summed E-state index contributed by atoms with van der Waals surface area (Å²) in [5.41, 5.74) is -2.52. The number of terminal acetylenes is 1. The Labute approximate surface area is 305 Å². The van der Waals surface area contributed by atoms with Crippen LogP contribution in [0, 0.1) is 35.5 Å². The summed E-state index contributed by atoms with van der Waals surface area (Å²) in [6.07, 6.45) is 4.52. The highest BCUT2D eigenvalue weighted by molar-refractivity contribution is 6.04. The maximum atomic E-state index is 14.4. The van der Waals surface area contributed by atoms with Crippen LogP contribution in [0.1, 0.15) is 64.2 Å². The van der Waals surface area contributed by atoms with E-state index in [0.29, 0.717) is 56.8 Å².